The Kier molecular flexibility index (Phi) is 5.71. The molecule has 0 fully saturated rings. The van der Waals surface area contributed by atoms with Gasteiger partial charge in [0.05, 0.1) is 12.3 Å². The monoisotopic (exact) mass is 424 g/mol. The van der Waals surface area contributed by atoms with Gasteiger partial charge in [-0.15, -0.1) is 10.2 Å². The molecule has 0 aliphatic heterocycles. The summed E-state index contributed by atoms with van der Waals surface area (Å²) in [6, 6.07) is 3.52. The molecule has 160 valence electrons. The number of rotatable bonds is 8. The van der Waals surface area contributed by atoms with E-state index in [1.807, 2.05) is 0 Å². The maximum atomic E-state index is 12.7. The minimum Gasteiger partial charge on any atom is -0.444 e. The number of oxazole rings is 1. The zero-order valence-electron chi connectivity index (χ0n) is 17.1. The van der Waals surface area contributed by atoms with E-state index in [9.17, 15) is 4.79 Å². The van der Waals surface area contributed by atoms with Crippen LogP contribution in [0.3, 0.4) is 0 Å². The Hall–Kier alpha value is -4.06. The van der Waals surface area contributed by atoms with Crippen molar-refractivity contribution in [2.24, 2.45) is 7.05 Å². The van der Waals surface area contributed by atoms with Gasteiger partial charge in [0.1, 0.15) is 12.1 Å². The molecule has 0 saturated carbocycles. The van der Waals surface area contributed by atoms with Crippen LogP contribution in [-0.2, 0) is 11.8 Å². The van der Waals surface area contributed by atoms with Crippen molar-refractivity contribution in [3.8, 4) is 23.0 Å². The van der Waals surface area contributed by atoms with Gasteiger partial charge in [-0.25, -0.2) is 9.97 Å². The van der Waals surface area contributed by atoms with Gasteiger partial charge in [-0.3, -0.25) is 9.48 Å². The molecule has 1 amide bonds. The Labute approximate surface area is 176 Å². The number of ether oxygens (including phenoxy) is 1. The van der Waals surface area contributed by atoms with Crippen molar-refractivity contribution in [3.05, 3.63) is 42.4 Å². The lowest BCUT2D eigenvalue weighted by Gasteiger charge is -2.05. The van der Waals surface area contributed by atoms with Crippen LogP contribution < -0.4 is 10.6 Å². The minimum absolute atomic E-state index is 0.109. The molecule has 31 heavy (non-hydrogen) atoms. The molecule has 0 aliphatic rings. The Balaban J connectivity index is 1.50. The summed E-state index contributed by atoms with van der Waals surface area (Å²) < 4.78 is 17.5. The lowest BCUT2D eigenvalue weighted by Crippen LogP contribution is -2.12. The summed E-state index contributed by atoms with van der Waals surface area (Å²) >= 11 is 0. The number of amides is 1. The molecule has 12 heteroatoms. The van der Waals surface area contributed by atoms with Crippen molar-refractivity contribution in [1.82, 2.24) is 29.9 Å². The highest BCUT2D eigenvalue weighted by Gasteiger charge is 2.20. The molecular weight excluding hydrogens is 404 g/mol. The van der Waals surface area contributed by atoms with Crippen molar-refractivity contribution in [3.63, 3.8) is 0 Å². The molecule has 0 unspecified atom stereocenters. The third-order valence-electron chi connectivity index (χ3n) is 4.16. The van der Waals surface area contributed by atoms with Crippen molar-refractivity contribution in [2.45, 2.75) is 6.92 Å². The van der Waals surface area contributed by atoms with Crippen molar-refractivity contribution in [1.29, 1.82) is 0 Å². The van der Waals surface area contributed by atoms with Gasteiger partial charge >= 0.3 is 0 Å². The molecule has 12 nitrogen and oxygen atoms in total. The van der Waals surface area contributed by atoms with Gasteiger partial charge < -0.3 is 24.2 Å². The fraction of sp³-hybridized carbons (Fsp3) is 0.263. The van der Waals surface area contributed by atoms with Crippen LogP contribution >= 0.6 is 0 Å². The lowest BCUT2D eigenvalue weighted by molar-refractivity contribution is 0.102. The molecule has 4 aromatic rings. The number of carbonyl (C=O) groups is 1. The number of hydrogen-bond donors (Lipinski definition) is 2. The van der Waals surface area contributed by atoms with Gasteiger partial charge in [0, 0.05) is 45.6 Å². The Morgan fingerprint density at radius 1 is 1.29 bits per heavy atom. The summed E-state index contributed by atoms with van der Waals surface area (Å²) in [7, 11) is 3.35. The summed E-state index contributed by atoms with van der Waals surface area (Å²) in [5.41, 5.74) is 1.56. The van der Waals surface area contributed by atoms with Crippen LogP contribution in [0.5, 0.6) is 0 Å². The van der Waals surface area contributed by atoms with Gasteiger partial charge in [-0.1, -0.05) is 0 Å². The van der Waals surface area contributed by atoms with Crippen LogP contribution in [0.15, 0.2) is 39.6 Å². The average Bonchev–Trinajstić information content (AvgIpc) is 3.48. The number of aromatic nitrogens is 6. The Morgan fingerprint density at radius 3 is 2.94 bits per heavy atom. The molecule has 0 atom stereocenters. The number of methoxy groups -OCH3 is 1. The normalized spacial score (nSPS) is 10.9. The van der Waals surface area contributed by atoms with E-state index < -0.39 is 5.91 Å². The number of pyridine rings is 1. The summed E-state index contributed by atoms with van der Waals surface area (Å²) in [5.74, 6) is 1.08. The van der Waals surface area contributed by atoms with Crippen molar-refractivity contribution in [2.75, 3.05) is 30.9 Å². The number of anilines is 2. The van der Waals surface area contributed by atoms with Gasteiger partial charge in [0.15, 0.2) is 11.4 Å². The molecule has 0 saturated heterocycles. The second-order valence-corrected chi connectivity index (χ2v) is 6.53. The van der Waals surface area contributed by atoms with Crippen LogP contribution in [-0.4, -0.2) is 56.1 Å². The summed E-state index contributed by atoms with van der Waals surface area (Å²) in [6.45, 7) is 2.83. The highest BCUT2D eigenvalue weighted by atomic mass is 16.5. The summed E-state index contributed by atoms with van der Waals surface area (Å²) in [4.78, 5) is 21.2. The fourth-order valence-electron chi connectivity index (χ4n) is 2.77. The zero-order valence-corrected chi connectivity index (χ0v) is 17.1. The highest BCUT2D eigenvalue weighted by molar-refractivity contribution is 6.04. The highest BCUT2D eigenvalue weighted by Crippen LogP contribution is 2.26. The second-order valence-electron chi connectivity index (χ2n) is 6.53. The van der Waals surface area contributed by atoms with Crippen LogP contribution in [0.4, 0.5) is 11.5 Å². The predicted molar refractivity (Wildman–Crippen MR) is 109 cm³/mol. The van der Waals surface area contributed by atoms with Gasteiger partial charge in [-0.2, -0.15) is 5.10 Å². The van der Waals surface area contributed by atoms with E-state index in [0.29, 0.717) is 47.7 Å². The molecule has 4 rings (SSSR count). The molecule has 0 aromatic carbocycles. The van der Waals surface area contributed by atoms with Crippen LogP contribution in [0.2, 0.25) is 0 Å². The third kappa shape index (κ3) is 4.59. The summed E-state index contributed by atoms with van der Waals surface area (Å²) in [6.07, 6.45) is 4.55. The van der Waals surface area contributed by atoms with E-state index in [2.05, 4.69) is 35.9 Å². The smallest absolute Gasteiger partial charge is 0.277 e. The van der Waals surface area contributed by atoms with E-state index in [-0.39, 0.29) is 11.6 Å². The first-order chi connectivity index (χ1) is 15.0. The van der Waals surface area contributed by atoms with Gasteiger partial charge in [0.2, 0.25) is 11.8 Å². The number of nitrogens with zero attached hydrogens (tertiary/aromatic N) is 6. The summed E-state index contributed by atoms with van der Waals surface area (Å²) in [5, 5.41) is 17.9. The quantitative estimate of drug-likeness (QED) is 0.403. The van der Waals surface area contributed by atoms with Crippen LogP contribution in [0, 0.1) is 6.92 Å². The molecule has 2 N–H and O–H groups in total. The van der Waals surface area contributed by atoms with E-state index in [1.165, 1.54) is 10.9 Å². The third-order valence-corrected chi connectivity index (χ3v) is 4.16. The lowest BCUT2D eigenvalue weighted by atomic mass is 10.2. The molecule has 4 aromatic heterocycles. The first-order valence-corrected chi connectivity index (χ1v) is 9.33. The number of aryl methyl sites for hydroxylation is 2. The predicted octanol–water partition coefficient (Wildman–Crippen LogP) is 2.14. The molecule has 0 bridgehead atoms. The van der Waals surface area contributed by atoms with E-state index in [1.54, 1.807) is 45.6 Å². The van der Waals surface area contributed by atoms with E-state index >= 15 is 0 Å². The standard InChI is InChI=1S/C19H20N8O4/c1-11-24-25-19(31-11)16-13(9-27(2)26-16)22-17(28)14-10-30-18(23-14)12-4-5-20-15(8-12)21-6-7-29-3/h4-5,8-10H,6-7H2,1-3H3,(H,20,21)(H,22,28). The van der Waals surface area contributed by atoms with Crippen molar-refractivity contribution >= 4 is 17.4 Å². The first-order valence-electron chi connectivity index (χ1n) is 9.33. The second kappa shape index (κ2) is 8.75. The molecule has 0 aliphatic carbocycles. The maximum absolute atomic E-state index is 12.7. The largest absolute Gasteiger partial charge is 0.444 e. The topological polar surface area (TPSA) is 146 Å². The molecular formula is C19H20N8O4. The maximum Gasteiger partial charge on any atom is 0.277 e. The van der Waals surface area contributed by atoms with Gasteiger partial charge in [0.25, 0.3) is 11.8 Å². The minimum atomic E-state index is -0.465. The number of carbonyl (C=O) groups excluding carboxylic acids is 1. The number of hydrogen-bond acceptors (Lipinski definition) is 10. The van der Waals surface area contributed by atoms with Crippen LogP contribution in [0.1, 0.15) is 16.4 Å². The zero-order chi connectivity index (χ0) is 21.8. The van der Waals surface area contributed by atoms with E-state index in [4.69, 9.17) is 13.6 Å². The Bertz CT molecular complexity index is 1200. The van der Waals surface area contributed by atoms with E-state index in [0.717, 1.165) is 0 Å². The SMILES string of the molecule is COCCNc1cc(-c2nc(C(=O)Nc3cn(C)nc3-c3nnc(C)o3)co2)ccn1. The van der Waals surface area contributed by atoms with Crippen molar-refractivity contribution < 1.29 is 18.4 Å². The van der Waals surface area contributed by atoms with Crippen LogP contribution in [0.25, 0.3) is 23.0 Å². The average molecular weight is 424 g/mol. The molecule has 0 radical (unpaired) electrons. The Morgan fingerprint density at radius 2 is 2.16 bits per heavy atom. The first kappa shape index (κ1) is 20.2. The molecule has 4 heterocycles. The van der Waals surface area contributed by atoms with Gasteiger partial charge in [-0.05, 0) is 12.1 Å². The number of nitrogens with one attached hydrogen (secondary N) is 2. The fourth-order valence-corrected chi connectivity index (χ4v) is 2.77. The molecule has 0 spiro atoms.